The topological polar surface area (TPSA) is 38.7 Å². The van der Waals surface area contributed by atoms with Gasteiger partial charge >= 0.3 is 0 Å². The molecule has 0 amide bonds. The summed E-state index contributed by atoms with van der Waals surface area (Å²) >= 11 is 0. The van der Waals surface area contributed by atoms with Gasteiger partial charge in [-0.1, -0.05) is 0 Å². The van der Waals surface area contributed by atoms with Crippen molar-refractivity contribution in [1.82, 2.24) is 15.1 Å². The summed E-state index contributed by atoms with van der Waals surface area (Å²) in [6.45, 7) is 5.89. The van der Waals surface area contributed by atoms with Crippen LogP contribution < -0.4 is 5.32 Å². The van der Waals surface area contributed by atoms with Crippen molar-refractivity contribution in [2.45, 2.75) is 12.5 Å². The van der Waals surface area contributed by atoms with E-state index in [0.717, 1.165) is 39.3 Å². The van der Waals surface area contributed by atoms with Gasteiger partial charge in [0, 0.05) is 26.2 Å². The summed E-state index contributed by atoms with van der Waals surface area (Å²) in [4.78, 5) is 4.37. The lowest BCUT2D eigenvalue weighted by atomic mass is 10.3. The van der Waals surface area contributed by atoms with Crippen molar-refractivity contribution in [1.29, 1.82) is 0 Å². The zero-order chi connectivity index (χ0) is 10.4. The van der Waals surface area contributed by atoms with Crippen LogP contribution in [0.3, 0.4) is 0 Å². The van der Waals surface area contributed by atoms with E-state index in [0.29, 0.717) is 0 Å². The summed E-state index contributed by atoms with van der Waals surface area (Å²) in [5.74, 6) is 0. The van der Waals surface area contributed by atoms with Gasteiger partial charge in [0.1, 0.15) is 0 Å². The van der Waals surface area contributed by atoms with Crippen LogP contribution in [-0.4, -0.2) is 74.4 Å². The second kappa shape index (κ2) is 6.35. The molecule has 1 atom stereocenters. The van der Waals surface area contributed by atoms with E-state index in [-0.39, 0.29) is 6.10 Å². The standard InChI is InChI=1S/C10H23N3O/c1-12(2)8-10(14)9-13-6-3-4-11-5-7-13/h10-11,14H,3-9H2,1-2H3/t10-/m1/s1. The Morgan fingerprint density at radius 1 is 1.36 bits per heavy atom. The van der Waals surface area contributed by atoms with Gasteiger partial charge in [-0.05, 0) is 33.6 Å². The highest BCUT2D eigenvalue weighted by Crippen LogP contribution is 1.98. The molecule has 14 heavy (non-hydrogen) atoms. The lowest BCUT2D eigenvalue weighted by Crippen LogP contribution is -2.39. The SMILES string of the molecule is CN(C)C[C@@H](O)CN1CCCNCC1. The van der Waals surface area contributed by atoms with E-state index in [1.807, 2.05) is 19.0 Å². The molecule has 0 aromatic rings. The van der Waals surface area contributed by atoms with Gasteiger partial charge in [0.05, 0.1) is 6.10 Å². The monoisotopic (exact) mass is 201 g/mol. The van der Waals surface area contributed by atoms with Gasteiger partial charge in [-0.25, -0.2) is 0 Å². The number of aliphatic hydroxyl groups excluding tert-OH is 1. The summed E-state index contributed by atoms with van der Waals surface area (Å²) in [7, 11) is 3.99. The van der Waals surface area contributed by atoms with E-state index in [1.165, 1.54) is 6.42 Å². The first-order chi connectivity index (χ1) is 6.68. The number of nitrogens with zero attached hydrogens (tertiary/aromatic N) is 2. The maximum atomic E-state index is 9.76. The second-order valence-corrected chi connectivity index (χ2v) is 4.32. The highest BCUT2D eigenvalue weighted by atomic mass is 16.3. The minimum Gasteiger partial charge on any atom is -0.390 e. The lowest BCUT2D eigenvalue weighted by Gasteiger charge is -2.24. The molecule has 0 saturated carbocycles. The molecule has 1 aliphatic heterocycles. The number of hydrogen-bond donors (Lipinski definition) is 2. The van der Waals surface area contributed by atoms with Gasteiger partial charge in [-0.15, -0.1) is 0 Å². The highest BCUT2D eigenvalue weighted by Gasteiger charge is 2.13. The summed E-state index contributed by atoms with van der Waals surface area (Å²) in [6, 6.07) is 0. The van der Waals surface area contributed by atoms with Crippen LogP contribution in [0.5, 0.6) is 0 Å². The molecule has 0 bridgehead atoms. The van der Waals surface area contributed by atoms with Crippen LogP contribution >= 0.6 is 0 Å². The first kappa shape index (κ1) is 11.9. The fourth-order valence-electron chi connectivity index (χ4n) is 1.86. The minimum atomic E-state index is -0.219. The van der Waals surface area contributed by atoms with Crippen molar-refractivity contribution >= 4 is 0 Å². The van der Waals surface area contributed by atoms with Crippen LogP contribution in [0.4, 0.5) is 0 Å². The number of nitrogens with one attached hydrogen (secondary N) is 1. The van der Waals surface area contributed by atoms with Gasteiger partial charge in [0.25, 0.3) is 0 Å². The summed E-state index contributed by atoms with van der Waals surface area (Å²) < 4.78 is 0. The van der Waals surface area contributed by atoms with Gasteiger partial charge in [0.15, 0.2) is 0 Å². The maximum absolute atomic E-state index is 9.76. The fraction of sp³-hybridized carbons (Fsp3) is 1.00. The zero-order valence-electron chi connectivity index (χ0n) is 9.37. The van der Waals surface area contributed by atoms with E-state index in [9.17, 15) is 5.11 Å². The summed E-state index contributed by atoms with van der Waals surface area (Å²) in [5.41, 5.74) is 0. The third-order valence-electron chi connectivity index (χ3n) is 2.48. The van der Waals surface area contributed by atoms with Crippen molar-refractivity contribution < 1.29 is 5.11 Å². The third-order valence-corrected chi connectivity index (χ3v) is 2.48. The molecule has 2 N–H and O–H groups in total. The van der Waals surface area contributed by atoms with Crippen LogP contribution in [0.1, 0.15) is 6.42 Å². The molecule has 4 nitrogen and oxygen atoms in total. The fourth-order valence-corrected chi connectivity index (χ4v) is 1.86. The highest BCUT2D eigenvalue weighted by molar-refractivity contribution is 4.70. The normalized spacial score (nSPS) is 22.3. The number of β-amino-alcohol motifs (C(OH)–C–C–N with tert-alkyl or cyclic N) is 1. The van der Waals surface area contributed by atoms with Crippen molar-refractivity contribution in [2.75, 3.05) is 53.4 Å². The molecule has 0 aromatic carbocycles. The molecule has 4 heteroatoms. The zero-order valence-corrected chi connectivity index (χ0v) is 9.37. The Balaban J connectivity index is 2.20. The molecule has 0 spiro atoms. The minimum absolute atomic E-state index is 0.219. The molecular weight excluding hydrogens is 178 g/mol. The average molecular weight is 201 g/mol. The molecule has 0 unspecified atom stereocenters. The maximum Gasteiger partial charge on any atom is 0.0793 e. The molecule has 1 heterocycles. The Morgan fingerprint density at radius 3 is 2.86 bits per heavy atom. The van der Waals surface area contributed by atoms with E-state index in [4.69, 9.17) is 0 Å². The number of aliphatic hydroxyl groups is 1. The molecule has 0 radical (unpaired) electrons. The van der Waals surface area contributed by atoms with Gasteiger partial charge in [0.2, 0.25) is 0 Å². The third kappa shape index (κ3) is 4.91. The Bertz CT molecular complexity index is 144. The quantitative estimate of drug-likeness (QED) is 0.625. The molecule has 84 valence electrons. The number of hydrogen-bond acceptors (Lipinski definition) is 4. The first-order valence-electron chi connectivity index (χ1n) is 5.44. The van der Waals surface area contributed by atoms with Gasteiger partial charge in [-0.2, -0.15) is 0 Å². The average Bonchev–Trinajstić information content (AvgIpc) is 2.31. The van der Waals surface area contributed by atoms with Gasteiger partial charge in [-0.3, -0.25) is 4.90 Å². The number of likely N-dealkylation sites (N-methyl/N-ethyl adjacent to an activating group) is 1. The second-order valence-electron chi connectivity index (χ2n) is 4.32. The summed E-state index contributed by atoms with van der Waals surface area (Å²) in [5, 5.41) is 13.1. The van der Waals surface area contributed by atoms with E-state index in [2.05, 4.69) is 10.2 Å². The Hall–Kier alpha value is -0.160. The first-order valence-corrected chi connectivity index (χ1v) is 5.44. The van der Waals surface area contributed by atoms with Crippen LogP contribution in [0, 0.1) is 0 Å². The molecule has 1 rings (SSSR count). The van der Waals surface area contributed by atoms with Gasteiger partial charge < -0.3 is 15.3 Å². The predicted molar refractivity (Wildman–Crippen MR) is 58.5 cm³/mol. The Kier molecular flexibility index (Phi) is 5.40. The largest absolute Gasteiger partial charge is 0.390 e. The Labute approximate surface area is 86.9 Å². The van der Waals surface area contributed by atoms with Crippen molar-refractivity contribution in [3.8, 4) is 0 Å². The van der Waals surface area contributed by atoms with E-state index < -0.39 is 0 Å². The molecule has 1 saturated heterocycles. The Morgan fingerprint density at radius 2 is 2.14 bits per heavy atom. The van der Waals surface area contributed by atoms with Crippen LogP contribution in [0.25, 0.3) is 0 Å². The van der Waals surface area contributed by atoms with Crippen LogP contribution in [-0.2, 0) is 0 Å². The van der Waals surface area contributed by atoms with Crippen molar-refractivity contribution in [2.24, 2.45) is 0 Å². The molecule has 0 aromatic heterocycles. The predicted octanol–water partition coefficient (Wildman–Crippen LogP) is -0.796. The van der Waals surface area contributed by atoms with E-state index in [1.54, 1.807) is 0 Å². The smallest absolute Gasteiger partial charge is 0.0793 e. The molecule has 0 aliphatic carbocycles. The van der Waals surface area contributed by atoms with Crippen molar-refractivity contribution in [3.63, 3.8) is 0 Å². The lowest BCUT2D eigenvalue weighted by molar-refractivity contribution is 0.0913. The van der Waals surface area contributed by atoms with Crippen LogP contribution in [0.15, 0.2) is 0 Å². The molecule has 1 fully saturated rings. The summed E-state index contributed by atoms with van der Waals surface area (Å²) in [6.07, 6.45) is 0.970. The van der Waals surface area contributed by atoms with Crippen LogP contribution in [0.2, 0.25) is 0 Å². The number of rotatable bonds is 4. The molecule has 1 aliphatic rings. The van der Waals surface area contributed by atoms with Crippen molar-refractivity contribution in [3.05, 3.63) is 0 Å². The molecular formula is C10H23N3O. The van der Waals surface area contributed by atoms with E-state index >= 15 is 0 Å².